The van der Waals surface area contributed by atoms with Crippen molar-refractivity contribution in [2.45, 2.75) is 71.6 Å². The Morgan fingerprint density at radius 3 is 2.29 bits per heavy atom. The average Bonchev–Trinajstić information content (AvgIpc) is 2.88. The summed E-state index contributed by atoms with van der Waals surface area (Å²) < 4.78 is 5.16. The molecule has 28 heavy (non-hydrogen) atoms. The highest BCUT2D eigenvalue weighted by Gasteiger charge is 2.16. The van der Waals surface area contributed by atoms with Crippen LogP contribution >= 0.6 is 0 Å². The van der Waals surface area contributed by atoms with Gasteiger partial charge in [-0.2, -0.15) is 0 Å². The van der Waals surface area contributed by atoms with Gasteiger partial charge in [-0.1, -0.05) is 37.1 Å². The molecule has 2 N–H and O–H groups in total. The lowest BCUT2D eigenvalue weighted by Crippen LogP contribution is -2.35. The Hall–Kier alpha value is -2.08. The molecule has 0 saturated carbocycles. The number of rotatable bonds is 7. The Kier molecular flexibility index (Phi) is 8.77. The molecule has 0 aromatic heterocycles. The van der Waals surface area contributed by atoms with Crippen molar-refractivity contribution in [3.63, 3.8) is 0 Å². The van der Waals surface area contributed by atoms with Crippen LogP contribution < -0.4 is 10.6 Å². The van der Waals surface area contributed by atoms with E-state index in [1.54, 1.807) is 0 Å². The molecule has 156 valence electrons. The van der Waals surface area contributed by atoms with E-state index in [9.17, 15) is 9.59 Å². The summed E-state index contributed by atoms with van der Waals surface area (Å²) in [5.41, 5.74) is 1.89. The van der Waals surface area contributed by atoms with E-state index in [0.29, 0.717) is 6.54 Å². The lowest BCUT2D eigenvalue weighted by Gasteiger charge is -2.21. The summed E-state index contributed by atoms with van der Waals surface area (Å²) in [5.74, 6) is -0.0827. The van der Waals surface area contributed by atoms with Crippen molar-refractivity contribution in [3.8, 4) is 0 Å². The summed E-state index contributed by atoms with van der Waals surface area (Å²) in [6.07, 6.45) is 4.92. The van der Waals surface area contributed by atoms with Gasteiger partial charge in [0.15, 0.2) is 0 Å². The molecule has 6 nitrogen and oxygen atoms in total. The van der Waals surface area contributed by atoms with E-state index in [-0.39, 0.29) is 18.9 Å². The Balaban J connectivity index is 1.76. The van der Waals surface area contributed by atoms with Gasteiger partial charge in [-0.05, 0) is 57.8 Å². The zero-order chi connectivity index (χ0) is 20.4. The minimum Gasteiger partial charge on any atom is -0.444 e. The molecule has 1 aromatic rings. The zero-order valence-electron chi connectivity index (χ0n) is 17.6. The Labute approximate surface area is 169 Å². The number of carbonyl (C=O) groups is 2. The summed E-state index contributed by atoms with van der Waals surface area (Å²) in [6.45, 7) is 9.43. The standard InChI is InChI=1S/C22H35N3O3/c1-22(2,3)28-21(27)23-13-12-20(26)24-16-18-10-6-7-11-19(18)17-25-14-8-4-5-9-15-25/h6-7,10-11H,4-5,8-9,12-17H2,1-3H3,(H,23,27)(H,24,26). The largest absolute Gasteiger partial charge is 0.444 e. The molecule has 0 unspecified atom stereocenters. The van der Waals surface area contributed by atoms with Crippen molar-refractivity contribution in [1.82, 2.24) is 15.5 Å². The predicted molar refractivity (Wildman–Crippen MR) is 111 cm³/mol. The molecule has 1 aliphatic heterocycles. The van der Waals surface area contributed by atoms with Crippen molar-refractivity contribution < 1.29 is 14.3 Å². The fourth-order valence-electron chi connectivity index (χ4n) is 3.29. The van der Waals surface area contributed by atoms with Gasteiger partial charge in [0.05, 0.1) is 0 Å². The van der Waals surface area contributed by atoms with Crippen LogP contribution in [0.2, 0.25) is 0 Å². The van der Waals surface area contributed by atoms with Gasteiger partial charge < -0.3 is 15.4 Å². The molecule has 0 bridgehead atoms. The number of amides is 2. The molecule has 0 atom stereocenters. The third-order valence-corrected chi connectivity index (χ3v) is 4.71. The topological polar surface area (TPSA) is 70.7 Å². The van der Waals surface area contributed by atoms with Gasteiger partial charge in [-0.15, -0.1) is 0 Å². The summed E-state index contributed by atoms with van der Waals surface area (Å²) in [7, 11) is 0. The van der Waals surface area contributed by atoms with Gasteiger partial charge in [-0.25, -0.2) is 4.79 Å². The highest BCUT2D eigenvalue weighted by atomic mass is 16.6. The van der Waals surface area contributed by atoms with Crippen LogP contribution in [0.15, 0.2) is 24.3 Å². The van der Waals surface area contributed by atoms with Crippen LogP contribution in [0.4, 0.5) is 4.79 Å². The van der Waals surface area contributed by atoms with Crippen molar-refractivity contribution in [1.29, 1.82) is 0 Å². The van der Waals surface area contributed by atoms with Gasteiger partial charge in [-0.3, -0.25) is 9.69 Å². The van der Waals surface area contributed by atoms with Crippen molar-refractivity contribution >= 4 is 12.0 Å². The van der Waals surface area contributed by atoms with E-state index >= 15 is 0 Å². The molecule has 6 heteroatoms. The number of ether oxygens (including phenoxy) is 1. The van der Waals surface area contributed by atoms with Gasteiger partial charge in [0.1, 0.15) is 5.60 Å². The second-order valence-electron chi connectivity index (χ2n) is 8.41. The second-order valence-corrected chi connectivity index (χ2v) is 8.41. The average molecular weight is 390 g/mol. The van der Waals surface area contributed by atoms with Crippen LogP contribution in [0, 0.1) is 0 Å². The van der Waals surface area contributed by atoms with Gasteiger partial charge in [0.2, 0.25) is 5.91 Å². The van der Waals surface area contributed by atoms with Crippen molar-refractivity contribution in [2.24, 2.45) is 0 Å². The SMILES string of the molecule is CC(C)(C)OC(=O)NCCC(=O)NCc1ccccc1CN1CCCCCC1. The normalized spacial score (nSPS) is 15.5. The first-order valence-corrected chi connectivity index (χ1v) is 10.4. The minimum atomic E-state index is -0.538. The molecule has 0 aliphatic carbocycles. The molecule has 1 aliphatic rings. The lowest BCUT2D eigenvalue weighted by atomic mass is 10.1. The number of alkyl carbamates (subject to hydrolysis) is 1. The van der Waals surface area contributed by atoms with Crippen LogP contribution in [0.3, 0.4) is 0 Å². The number of nitrogens with one attached hydrogen (secondary N) is 2. The lowest BCUT2D eigenvalue weighted by molar-refractivity contribution is -0.121. The smallest absolute Gasteiger partial charge is 0.407 e. The third-order valence-electron chi connectivity index (χ3n) is 4.71. The van der Waals surface area contributed by atoms with Crippen LogP contribution in [-0.2, 0) is 22.6 Å². The Bertz CT molecular complexity index is 632. The third kappa shape index (κ3) is 8.74. The van der Waals surface area contributed by atoms with Crippen molar-refractivity contribution in [3.05, 3.63) is 35.4 Å². The summed E-state index contributed by atoms with van der Waals surface area (Å²) >= 11 is 0. The maximum atomic E-state index is 12.1. The van der Waals surface area contributed by atoms with Crippen LogP contribution in [-0.4, -0.2) is 42.1 Å². The predicted octanol–water partition coefficient (Wildman–Crippen LogP) is 3.59. The molecule has 2 rings (SSSR count). The first kappa shape index (κ1) is 22.2. The molecule has 1 aromatic carbocycles. The highest BCUT2D eigenvalue weighted by Crippen LogP contribution is 2.16. The molecule has 1 fully saturated rings. The Morgan fingerprint density at radius 2 is 1.64 bits per heavy atom. The summed E-state index contributed by atoms with van der Waals surface area (Å²) in [4.78, 5) is 26.2. The summed E-state index contributed by atoms with van der Waals surface area (Å²) in [6, 6.07) is 8.30. The van der Waals surface area contributed by atoms with Crippen molar-refractivity contribution in [2.75, 3.05) is 19.6 Å². The first-order valence-electron chi connectivity index (χ1n) is 10.4. The van der Waals surface area contributed by atoms with E-state index in [1.807, 2.05) is 26.8 Å². The Morgan fingerprint density at radius 1 is 1.00 bits per heavy atom. The van der Waals surface area contributed by atoms with E-state index < -0.39 is 11.7 Å². The van der Waals surface area contributed by atoms with E-state index in [1.165, 1.54) is 31.2 Å². The van der Waals surface area contributed by atoms with E-state index in [2.05, 4.69) is 33.7 Å². The van der Waals surface area contributed by atoms with E-state index in [4.69, 9.17) is 4.74 Å². The molecule has 0 radical (unpaired) electrons. The summed E-state index contributed by atoms with van der Waals surface area (Å²) in [5, 5.41) is 5.57. The zero-order valence-corrected chi connectivity index (χ0v) is 17.6. The quantitative estimate of drug-likeness (QED) is 0.748. The number of hydrogen-bond acceptors (Lipinski definition) is 4. The van der Waals surface area contributed by atoms with Crippen LogP contribution in [0.1, 0.15) is 64.0 Å². The molecule has 0 spiro atoms. The van der Waals surface area contributed by atoms with Gasteiger partial charge >= 0.3 is 6.09 Å². The highest BCUT2D eigenvalue weighted by molar-refractivity contribution is 5.77. The maximum Gasteiger partial charge on any atom is 0.407 e. The number of hydrogen-bond donors (Lipinski definition) is 2. The van der Waals surface area contributed by atoms with Gasteiger partial charge in [0.25, 0.3) is 0 Å². The molecular weight excluding hydrogens is 354 g/mol. The molecule has 2 amide bonds. The number of nitrogens with zero attached hydrogens (tertiary/aromatic N) is 1. The van der Waals surface area contributed by atoms with Gasteiger partial charge in [0, 0.05) is 26.1 Å². The number of carbonyl (C=O) groups excluding carboxylic acids is 2. The number of benzene rings is 1. The number of likely N-dealkylation sites (tertiary alicyclic amines) is 1. The minimum absolute atomic E-state index is 0.0827. The monoisotopic (exact) mass is 389 g/mol. The van der Waals surface area contributed by atoms with Crippen LogP contribution in [0.25, 0.3) is 0 Å². The molecular formula is C22H35N3O3. The fraction of sp³-hybridized carbons (Fsp3) is 0.636. The maximum absolute atomic E-state index is 12.1. The molecule has 1 heterocycles. The molecule has 1 saturated heterocycles. The second kappa shape index (κ2) is 11.1. The van der Waals surface area contributed by atoms with E-state index in [0.717, 1.165) is 25.2 Å². The van der Waals surface area contributed by atoms with Crippen LogP contribution in [0.5, 0.6) is 0 Å². The fourth-order valence-corrected chi connectivity index (χ4v) is 3.29. The first-order chi connectivity index (χ1) is 13.3.